The number of likely N-dealkylation sites (tertiary alicyclic amines) is 1. The maximum absolute atomic E-state index is 13.4. The average molecular weight is 523 g/mol. The van der Waals surface area contributed by atoms with Gasteiger partial charge in [-0.25, -0.2) is 19.7 Å². The van der Waals surface area contributed by atoms with E-state index < -0.39 is 11.7 Å². The second kappa shape index (κ2) is 10.5. The third-order valence-corrected chi connectivity index (χ3v) is 6.46. The van der Waals surface area contributed by atoms with Gasteiger partial charge in [0.15, 0.2) is 0 Å². The third-order valence-electron chi connectivity index (χ3n) is 6.46. The number of piperidine rings is 1. The van der Waals surface area contributed by atoms with Crippen molar-refractivity contribution < 1.29 is 22.7 Å². The zero-order valence-electron chi connectivity index (χ0n) is 20.3. The van der Waals surface area contributed by atoms with E-state index in [1.807, 2.05) is 30.3 Å². The van der Waals surface area contributed by atoms with Crippen LogP contribution in [0.5, 0.6) is 0 Å². The van der Waals surface area contributed by atoms with E-state index in [-0.39, 0.29) is 24.6 Å². The summed E-state index contributed by atoms with van der Waals surface area (Å²) in [6.45, 7) is 1.13. The second-order valence-corrected chi connectivity index (χ2v) is 9.03. The predicted octanol–water partition coefficient (Wildman–Crippen LogP) is 5.65. The molecule has 0 saturated carbocycles. The van der Waals surface area contributed by atoms with Gasteiger partial charge >= 0.3 is 12.3 Å². The third kappa shape index (κ3) is 5.61. The van der Waals surface area contributed by atoms with Gasteiger partial charge in [0.2, 0.25) is 5.95 Å². The topological polar surface area (TPSA) is 110 Å². The lowest BCUT2D eigenvalue weighted by molar-refractivity contribution is -0.137. The lowest BCUT2D eigenvalue weighted by atomic mass is 9.96. The maximum Gasteiger partial charge on any atom is 0.416 e. The van der Waals surface area contributed by atoms with Gasteiger partial charge in [-0.3, -0.25) is 0 Å². The first-order chi connectivity index (χ1) is 18.3. The van der Waals surface area contributed by atoms with E-state index in [1.54, 1.807) is 17.0 Å². The van der Waals surface area contributed by atoms with Crippen molar-refractivity contribution in [2.24, 2.45) is 0 Å². The molecule has 2 aromatic carbocycles. The van der Waals surface area contributed by atoms with E-state index in [0.717, 1.165) is 17.7 Å². The number of aromatic nitrogens is 4. The number of hydrogen-bond donors (Lipinski definition) is 2. The smallest absolute Gasteiger partial charge is 0.416 e. The van der Waals surface area contributed by atoms with Crippen molar-refractivity contribution in [1.29, 1.82) is 0 Å². The van der Waals surface area contributed by atoms with Crippen LogP contribution in [0.4, 0.5) is 23.9 Å². The Morgan fingerprint density at radius 3 is 2.53 bits per heavy atom. The minimum absolute atomic E-state index is 0.0364. The van der Waals surface area contributed by atoms with E-state index in [0.29, 0.717) is 54.4 Å². The minimum Gasteiger partial charge on any atom is -0.445 e. The summed E-state index contributed by atoms with van der Waals surface area (Å²) in [4.78, 5) is 30.3. The number of nitrogen functional groups attached to an aromatic ring is 1. The maximum atomic E-state index is 13.4. The molecule has 4 aromatic rings. The molecule has 1 aliphatic rings. The molecular weight excluding hydrogens is 497 g/mol. The largest absolute Gasteiger partial charge is 0.445 e. The van der Waals surface area contributed by atoms with Crippen LogP contribution in [0.2, 0.25) is 0 Å². The van der Waals surface area contributed by atoms with E-state index in [2.05, 4.69) is 15.0 Å². The van der Waals surface area contributed by atoms with Gasteiger partial charge in [0, 0.05) is 30.8 Å². The summed E-state index contributed by atoms with van der Waals surface area (Å²) in [5.74, 6) is 0.614. The predicted molar refractivity (Wildman–Crippen MR) is 135 cm³/mol. The first-order valence-corrected chi connectivity index (χ1v) is 12.1. The molecule has 5 rings (SSSR count). The average Bonchev–Trinajstić information content (AvgIpc) is 3.38. The summed E-state index contributed by atoms with van der Waals surface area (Å²) in [5, 5.41) is 0. The number of ether oxygens (including phenoxy) is 1. The first-order valence-electron chi connectivity index (χ1n) is 12.1. The fraction of sp³-hybridized carbons (Fsp3) is 0.259. The molecule has 0 aliphatic carbocycles. The number of H-pyrrole nitrogens is 1. The normalized spacial score (nSPS) is 14.4. The van der Waals surface area contributed by atoms with Crippen LogP contribution in [0.25, 0.3) is 22.6 Å². The van der Waals surface area contributed by atoms with Gasteiger partial charge in [0.05, 0.1) is 22.6 Å². The number of aromatic amines is 1. The van der Waals surface area contributed by atoms with Crippen LogP contribution in [-0.2, 0) is 17.5 Å². The molecule has 1 saturated heterocycles. The number of carbonyl (C=O) groups is 1. The highest BCUT2D eigenvalue weighted by atomic mass is 19.4. The van der Waals surface area contributed by atoms with Crippen LogP contribution in [-0.4, -0.2) is 44.0 Å². The SMILES string of the molecule is Nc1nccc(-c2[nH]c(C3CCN(C(=O)OCc4ccccc4)CC3)nc2-c2cccc(C(F)(F)F)c2)n1. The van der Waals surface area contributed by atoms with Crippen LogP contribution >= 0.6 is 0 Å². The molecule has 0 atom stereocenters. The number of anilines is 1. The summed E-state index contributed by atoms with van der Waals surface area (Å²) < 4.78 is 45.6. The quantitative estimate of drug-likeness (QED) is 0.351. The fourth-order valence-electron chi connectivity index (χ4n) is 4.48. The fourth-order valence-corrected chi connectivity index (χ4v) is 4.48. The number of carbonyl (C=O) groups excluding carboxylic acids is 1. The van der Waals surface area contributed by atoms with Crippen LogP contribution < -0.4 is 5.73 Å². The number of alkyl halides is 3. The summed E-state index contributed by atoms with van der Waals surface area (Å²) in [7, 11) is 0. The standard InChI is InChI=1S/C27H25F3N6O2/c28-27(29,30)20-8-4-7-19(15-20)22-23(21-9-12-32-25(31)33-21)35-24(34-22)18-10-13-36(14-11-18)26(37)38-16-17-5-2-1-3-6-17/h1-9,12,15,18H,10-11,13-14,16H2,(H,34,35)(H2,31,32,33). The van der Waals surface area contributed by atoms with Crippen LogP contribution in [0.15, 0.2) is 66.9 Å². The number of imidazole rings is 1. The number of rotatable bonds is 5. The molecule has 196 valence electrons. The van der Waals surface area contributed by atoms with E-state index in [4.69, 9.17) is 15.5 Å². The monoisotopic (exact) mass is 522 g/mol. The van der Waals surface area contributed by atoms with Crippen molar-refractivity contribution in [1.82, 2.24) is 24.8 Å². The Bertz CT molecular complexity index is 1420. The number of hydrogen-bond acceptors (Lipinski definition) is 6. The molecule has 3 heterocycles. The number of halogens is 3. The van der Waals surface area contributed by atoms with Crippen molar-refractivity contribution in [3.63, 3.8) is 0 Å². The Balaban J connectivity index is 1.36. The first kappa shape index (κ1) is 25.2. The number of nitrogens with zero attached hydrogens (tertiary/aromatic N) is 4. The second-order valence-electron chi connectivity index (χ2n) is 9.03. The number of benzene rings is 2. The molecule has 0 spiro atoms. The van der Waals surface area contributed by atoms with Gasteiger partial charge in [0.1, 0.15) is 12.4 Å². The van der Waals surface area contributed by atoms with Crippen molar-refractivity contribution in [2.75, 3.05) is 18.8 Å². The van der Waals surface area contributed by atoms with Gasteiger partial charge in [-0.05, 0) is 36.6 Å². The molecule has 2 aromatic heterocycles. The molecule has 1 fully saturated rings. The molecule has 11 heteroatoms. The highest BCUT2D eigenvalue weighted by Gasteiger charge is 2.32. The van der Waals surface area contributed by atoms with Crippen molar-refractivity contribution in [3.05, 3.63) is 83.8 Å². The summed E-state index contributed by atoms with van der Waals surface area (Å²) in [6.07, 6.45) is -2.17. The van der Waals surface area contributed by atoms with Gasteiger partial charge in [-0.15, -0.1) is 0 Å². The Morgan fingerprint density at radius 2 is 1.82 bits per heavy atom. The minimum atomic E-state index is -4.49. The zero-order valence-corrected chi connectivity index (χ0v) is 20.3. The highest BCUT2D eigenvalue weighted by Crippen LogP contribution is 2.37. The van der Waals surface area contributed by atoms with Gasteiger partial charge < -0.3 is 20.4 Å². The summed E-state index contributed by atoms with van der Waals surface area (Å²) >= 11 is 0. The van der Waals surface area contributed by atoms with E-state index in [1.165, 1.54) is 12.3 Å². The molecule has 38 heavy (non-hydrogen) atoms. The molecule has 0 unspecified atom stereocenters. The zero-order chi connectivity index (χ0) is 26.7. The molecule has 8 nitrogen and oxygen atoms in total. The molecule has 1 aliphatic heterocycles. The van der Waals surface area contributed by atoms with Crippen LogP contribution in [0.1, 0.15) is 35.7 Å². The van der Waals surface area contributed by atoms with Crippen LogP contribution in [0.3, 0.4) is 0 Å². The van der Waals surface area contributed by atoms with Crippen molar-refractivity contribution >= 4 is 12.0 Å². The van der Waals surface area contributed by atoms with Crippen LogP contribution in [0, 0.1) is 0 Å². The molecule has 1 amide bonds. The summed E-state index contributed by atoms with van der Waals surface area (Å²) in [6, 6.07) is 16.1. The van der Waals surface area contributed by atoms with Gasteiger partial charge in [-0.1, -0.05) is 42.5 Å². The molecule has 3 N–H and O–H groups in total. The lowest BCUT2D eigenvalue weighted by Gasteiger charge is -2.30. The Labute approximate surface area is 216 Å². The Kier molecular flexibility index (Phi) is 6.99. The van der Waals surface area contributed by atoms with Gasteiger partial charge in [-0.2, -0.15) is 13.2 Å². The molecule has 0 bridgehead atoms. The van der Waals surface area contributed by atoms with Crippen molar-refractivity contribution in [2.45, 2.75) is 31.5 Å². The number of nitrogens with two attached hydrogens (primary N) is 1. The number of nitrogens with one attached hydrogen (secondary N) is 1. The van der Waals surface area contributed by atoms with Crippen molar-refractivity contribution in [3.8, 4) is 22.6 Å². The van der Waals surface area contributed by atoms with Gasteiger partial charge in [0.25, 0.3) is 0 Å². The molecular formula is C27H25F3N6O2. The Hall–Kier alpha value is -4.41. The lowest BCUT2D eigenvalue weighted by Crippen LogP contribution is -2.38. The Morgan fingerprint density at radius 1 is 1.05 bits per heavy atom. The summed E-state index contributed by atoms with van der Waals surface area (Å²) in [5.41, 5.74) is 7.43. The van der Waals surface area contributed by atoms with E-state index >= 15 is 0 Å². The highest BCUT2D eigenvalue weighted by molar-refractivity contribution is 5.77. The molecule has 0 radical (unpaired) electrons. The van der Waals surface area contributed by atoms with E-state index in [9.17, 15) is 18.0 Å². The number of amides is 1.